The molecule has 0 aliphatic carbocycles. The van der Waals surface area contributed by atoms with Crippen LogP contribution in [0.1, 0.15) is 51.0 Å². The van der Waals surface area contributed by atoms with E-state index in [1.807, 2.05) is 12.1 Å². The minimum absolute atomic E-state index is 0. The number of benzene rings is 1. The van der Waals surface area contributed by atoms with Crippen LogP contribution in [0.4, 0.5) is 0 Å². The van der Waals surface area contributed by atoms with Crippen molar-refractivity contribution in [3.8, 4) is 0 Å². The standard InChI is InChI=1S/C18H26ClN2.BrH/c1-2-3-4-5-6-7-12-20-13-14-21(16-20)15-17-8-10-18(19)11-9-17;/h8-11,13-14,16H,2-7,12,15H2,1H3;1H/q+1;/p-1. The Morgan fingerprint density at radius 2 is 1.68 bits per heavy atom. The summed E-state index contributed by atoms with van der Waals surface area (Å²) >= 11 is 5.91. The molecule has 0 saturated carbocycles. The van der Waals surface area contributed by atoms with Crippen LogP contribution in [0.15, 0.2) is 43.0 Å². The third-order valence-electron chi connectivity index (χ3n) is 3.79. The molecule has 122 valence electrons. The number of unbranched alkanes of at least 4 members (excludes halogenated alkanes) is 5. The molecule has 1 heterocycles. The largest absolute Gasteiger partial charge is 1.00 e. The lowest BCUT2D eigenvalue weighted by Gasteiger charge is -1.99. The molecule has 0 radical (unpaired) electrons. The van der Waals surface area contributed by atoms with E-state index in [1.54, 1.807) is 0 Å². The van der Waals surface area contributed by atoms with Crippen molar-refractivity contribution >= 4 is 11.6 Å². The minimum atomic E-state index is 0. The Balaban J connectivity index is 0.00000242. The maximum atomic E-state index is 5.91. The van der Waals surface area contributed by atoms with Gasteiger partial charge >= 0.3 is 0 Å². The lowest BCUT2D eigenvalue weighted by atomic mass is 10.1. The second-order valence-corrected chi connectivity index (χ2v) is 6.15. The van der Waals surface area contributed by atoms with Crippen molar-refractivity contribution in [3.05, 3.63) is 53.6 Å². The van der Waals surface area contributed by atoms with Crippen molar-refractivity contribution < 1.29 is 21.5 Å². The molecule has 1 aromatic carbocycles. The highest BCUT2D eigenvalue weighted by Crippen LogP contribution is 2.10. The van der Waals surface area contributed by atoms with E-state index >= 15 is 0 Å². The van der Waals surface area contributed by atoms with Gasteiger partial charge in [-0.25, -0.2) is 9.13 Å². The van der Waals surface area contributed by atoms with Crippen LogP contribution in [0, 0.1) is 0 Å². The monoisotopic (exact) mass is 384 g/mol. The molecule has 0 fully saturated rings. The summed E-state index contributed by atoms with van der Waals surface area (Å²) in [5.41, 5.74) is 1.28. The molecule has 0 N–H and O–H groups in total. The quantitative estimate of drug-likeness (QED) is 0.460. The Hall–Kier alpha value is -0.800. The molecule has 0 amide bonds. The van der Waals surface area contributed by atoms with Crippen LogP contribution in [0.25, 0.3) is 0 Å². The van der Waals surface area contributed by atoms with Gasteiger partial charge in [-0.3, -0.25) is 0 Å². The van der Waals surface area contributed by atoms with Crippen molar-refractivity contribution in [2.75, 3.05) is 0 Å². The maximum Gasteiger partial charge on any atom is 0.244 e. The van der Waals surface area contributed by atoms with E-state index in [0.29, 0.717) is 0 Å². The van der Waals surface area contributed by atoms with E-state index in [9.17, 15) is 0 Å². The highest BCUT2D eigenvalue weighted by Gasteiger charge is 2.04. The Labute approximate surface area is 149 Å². The Morgan fingerprint density at radius 3 is 2.41 bits per heavy atom. The fraction of sp³-hybridized carbons (Fsp3) is 0.500. The second kappa shape index (κ2) is 10.8. The van der Waals surface area contributed by atoms with Gasteiger partial charge < -0.3 is 17.0 Å². The van der Waals surface area contributed by atoms with Crippen LogP contribution >= 0.6 is 11.6 Å². The Kier molecular flexibility index (Phi) is 9.49. The first-order valence-electron chi connectivity index (χ1n) is 8.07. The molecule has 0 saturated heterocycles. The van der Waals surface area contributed by atoms with Gasteiger partial charge in [-0.1, -0.05) is 56.3 Å². The lowest BCUT2D eigenvalue weighted by molar-refractivity contribution is -0.696. The summed E-state index contributed by atoms with van der Waals surface area (Å²) in [6, 6.07) is 8.07. The van der Waals surface area contributed by atoms with Gasteiger partial charge in [0.25, 0.3) is 0 Å². The highest BCUT2D eigenvalue weighted by molar-refractivity contribution is 6.30. The van der Waals surface area contributed by atoms with Gasteiger partial charge in [-0.05, 0) is 30.5 Å². The number of halogens is 2. The fourth-order valence-electron chi connectivity index (χ4n) is 2.54. The molecule has 22 heavy (non-hydrogen) atoms. The fourth-order valence-corrected chi connectivity index (χ4v) is 2.67. The van der Waals surface area contributed by atoms with E-state index in [0.717, 1.165) is 18.1 Å². The van der Waals surface area contributed by atoms with Gasteiger partial charge in [0, 0.05) is 5.02 Å². The SMILES string of the molecule is CCCCCCCC[n+]1ccn(Cc2ccc(Cl)cc2)c1.[Br-]. The number of rotatable bonds is 9. The first-order valence-corrected chi connectivity index (χ1v) is 8.45. The van der Waals surface area contributed by atoms with Gasteiger partial charge in [-0.15, -0.1) is 0 Å². The van der Waals surface area contributed by atoms with Crippen LogP contribution in [-0.2, 0) is 13.1 Å². The number of hydrogen-bond acceptors (Lipinski definition) is 0. The van der Waals surface area contributed by atoms with Crippen molar-refractivity contribution in [2.45, 2.75) is 58.5 Å². The molecular formula is C18H26BrClN2. The van der Waals surface area contributed by atoms with Gasteiger partial charge in [0.15, 0.2) is 0 Å². The zero-order chi connectivity index (χ0) is 14.9. The first kappa shape index (κ1) is 19.2. The van der Waals surface area contributed by atoms with Gasteiger partial charge in [-0.2, -0.15) is 0 Å². The van der Waals surface area contributed by atoms with Gasteiger partial charge in [0.2, 0.25) is 6.33 Å². The van der Waals surface area contributed by atoms with Crippen LogP contribution in [-0.4, -0.2) is 4.57 Å². The van der Waals surface area contributed by atoms with E-state index < -0.39 is 0 Å². The third-order valence-corrected chi connectivity index (χ3v) is 4.05. The molecule has 0 bridgehead atoms. The summed E-state index contributed by atoms with van der Waals surface area (Å²) in [4.78, 5) is 0. The summed E-state index contributed by atoms with van der Waals surface area (Å²) in [5, 5.41) is 0.796. The van der Waals surface area contributed by atoms with Crippen LogP contribution in [0.5, 0.6) is 0 Å². The summed E-state index contributed by atoms with van der Waals surface area (Å²) in [5.74, 6) is 0. The van der Waals surface area contributed by atoms with E-state index in [2.05, 4.69) is 46.9 Å². The smallest absolute Gasteiger partial charge is 0.244 e. The molecule has 4 heteroatoms. The number of hydrogen-bond donors (Lipinski definition) is 0. The van der Waals surface area contributed by atoms with Crippen LogP contribution < -0.4 is 21.5 Å². The molecule has 0 aliphatic rings. The average Bonchev–Trinajstić information content (AvgIpc) is 2.93. The number of imidazole rings is 1. The van der Waals surface area contributed by atoms with E-state index in [4.69, 9.17) is 11.6 Å². The van der Waals surface area contributed by atoms with Gasteiger partial charge in [0.1, 0.15) is 18.9 Å². The molecule has 0 atom stereocenters. The predicted molar refractivity (Wildman–Crippen MR) is 88.6 cm³/mol. The molecule has 0 spiro atoms. The predicted octanol–water partition coefficient (Wildman–Crippen LogP) is 1.84. The zero-order valence-corrected chi connectivity index (χ0v) is 15.7. The summed E-state index contributed by atoms with van der Waals surface area (Å²) < 4.78 is 4.51. The molecule has 0 unspecified atom stereocenters. The second-order valence-electron chi connectivity index (χ2n) is 5.72. The number of aryl methyl sites for hydroxylation is 1. The van der Waals surface area contributed by atoms with Crippen molar-refractivity contribution in [1.82, 2.24) is 4.57 Å². The molecule has 0 aliphatic heterocycles. The summed E-state index contributed by atoms with van der Waals surface area (Å²) in [7, 11) is 0. The Bertz CT molecular complexity index is 522. The normalized spacial score (nSPS) is 10.5. The highest BCUT2D eigenvalue weighted by atomic mass is 79.9. The van der Waals surface area contributed by atoms with Gasteiger partial charge in [0.05, 0.1) is 6.54 Å². The molecule has 1 aromatic heterocycles. The third kappa shape index (κ3) is 6.97. The summed E-state index contributed by atoms with van der Waals surface area (Å²) in [6.45, 7) is 4.29. The number of aromatic nitrogens is 2. The maximum absolute atomic E-state index is 5.91. The number of nitrogens with zero attached hydrogens (tertiary/aromatic N) is 2. The van der Waals surface area contributed by atoms with Crippen molar-refractivity contribution in [1.29, 1.82) is 0 Å². The molecular weight excluding hydrogens is 360 g/mol. The van der Waals surface area contributed by atoms with Crippen LogP contribution in [0.3, 0.4) is 0 Å². The van der Waals surface area contributed by atoms with Crippen molar-refractivity contribution in [3.63, 3.8) is 0 Å². The molecule has 2 aromatic rings. The van der Waals surface area contributed by atoms with E-state index in [1.165, 1.54) is 44.1 Å². The average molecular weight is 386 g/mol. The van der Waals surface area contributed by atoms with Crippen molar-refractivity contribution in [2.24, 2.45) is 0 Å². The topological polar surface area (TPSA) is 8.81 Å². The summed E-state index contributed by atoms with van der Waals surface area (Å²) in [6.07, 6.45) is 14.6. The zero-order valence-electron chi connectivity index (χ0n) is 13.3. The van der Waals surface area contributed by atoms with Crippen LogP contribution in [0.2, 0.25) is 5.02 Å². The Morgan fingerprint density at radius 1 is 1.00 bits per heavy atom. The molecule has 2 rings (SSSR count). The lowest BCUT2D eigenvalue weighted by Crippen LogP contribution is -3.00. The molecule has 2 nitrogen and oxygen atoms in total. The minimum Gasteiger partial charge on any atom is -1.00 e. The van der Waals surface area contributed by atoms with E-state index in [-0.39, 0.29) is 17.0 Å². The first-order chi connectivity index (χ1) is 10.3.